The normalized spacial score (nSPS) is 19.5. The lowest BCUT2D eigenvalue weighted by Crippen LogP contribution is -2.34. The number of hydrogen-bond donors (Lipinski definition) is 1. The van der Waals surface area contributed by atoms with E-state index in [1.54, 1.807) is 20.8 Å². The number of aliphatic carboxylic acids is 1. The van der Waals surface area contributed by atoms with Gasteiger partial charge in [0, 0.05) is 13.1 Å². The molecule has 18 heavy (non-hydrogen) atoms. The highest BCUT2D eigenvalue weighted by Crippen LogP contribution is 2.17. The first kappa shape index (κ1) is 14.3. The molecule has 1 amide bonds. The van der Waals surface area contributed by atoms with E-state index in [1.807, 2.05) is 0 Å². The number of nitrogens with zero attached hydrogens (tertiary/aromatic N) is 1. The summed E-state index contributed by atoms with van der Waals surface area (Å²) in [6, 6.07) is 0. The van der Waals surface area contributed by atoms with Crippen molar-refractivity contribution in [2.75, 3.05) is 13.1 Å². The minimum absolute atomic E-state index is 0.0525. The molecule has 1 aliphatic heterocycles. The van der Waals surface area contributed by atoms with E-state index in [0.717, 1.165) is 0 Å². The van der Waals surface area contributed by atoms with Crippen molar-refractivity contribution in [2.24, 2.45) is 5.92 Å². The molecule has 0 bridgehead atoms. The molecule has 1 fully saturated rings. The van der Waals surface area contributed by atoms with E-state index < -0.39 is 29.7 Å². The Kier molecular flexibility index (Phi) is 4.15. The van der Waals surface area contributed by atoms with Gasteiger partial charge >= 0.3 is 18.2 Å². The third-order valence-corrected chi connectivity index (χ3v) is 2.36. The standard InChI is InChI=1S/C11H17NO6/c1-11(2,3)18-10(16)17-9(15)12-5-4-7(6-12)8(13)14/h7H,4-6H2,1-3H3,(H,13,14). The summed E-state index contributed by atoms with van der Waals surface area (Å²) < 4.78 is 9.29. The Balaban J connectivity index is 2.43. The maximum Gasteiger partial charge on any atom is 0.517 e. The average Bonchev–Trinajstić information content (AvgIpc) is 2.62. The highest BCUT2D eigenvalue weighted by atomic mass is 16.8. The van der Waals surface area contributed by atoms with Gasteiger partial charge in [-0.1, -0.05) is 0 Å². The van der Waals surface area contributed by atoms with E-state index in [1.165, 1.54) is 4.90 Å². The quantitative estimate of drug-likeness (QED) is 0.566. The Morgan fingerprint density at radius 3 is 2.33 bits per heavy atom. The van der Waals surface area contributed by atoms with Crippen LogP contribution in [0.25, 0.3) is 0 Å². The topological polar surface area (TPSA) is 93.1 Å². The van der Waals surface area contributed by atoms with Crippen LogP contribution in [0.3, 0.4) is 0 Å². The van der Waals surface area contributed by atoms with Gasteiger partial charge in [0.15, 0.2) is 0 Å². The third-order valence-electron chi connectivity index (χ3n) is 2.36. The maximum atomic E-state index is 11.5. The molecule has 0 radical (unpaired) electrons. The first-order valence-electron chi connectivity index (χ1n) is 5.61. The van der Waals surface area contributed by atoms with Crippen molar-refractivity contribution >= 4 is 18.2 Å². The maximum absolute atomic E-state index is 11.5. The number of carbonyl (C=O) groups is 3. The summed E-state index contributed by atoms with van der Waals surface area (Å²) in [5, 5.41) is 8.78. The van der Waals surface area contributed by atoms with Crippen LogP contribution in [0.15, 0.2) is 0 Å². The smallest absolute Gasteiger partial charge is 0.481 e. The van der Waals surface area contributed by atoms with Gasteiger partial charge in [-0.05, 0) is 27.2 Å². The summed E-state index contributed by atoms with van der Waals surface area (Å²) in [5.41, 5.74) is -0.744. The van der Waals surface area contributed by atoms with Crippen LogP contribution in [-0.2, 0) is 14.3 Å². The second kappa shape index (κ2) is 5.24. The molecule has 1 rings (SSSR count). The molecule has 0 aromatic rings. The van der Waals surface area contributed by atoms with Gasteiger partial charge in [-0.2, -0.15) is 0 Å². The lowest BCUT2D eigenvalue weighted by atomic mass is 10.1. The van der Waals surface area contributed by atoms with Crippen molar-refractivity contribution in [3.63, 3.8) is 0 Å². The number of carbonyl (C=O) groups excluding carboxylic acids is 2. The zero-order valence-corrected chi connectivity index (χ0v) is 10.6. The summed E-state index contributed by atoms with van der Waals surface area (Å²) in [6.45, 7) is 5.26. The van der Waals surface area contributed by atoms with Gasteiger partial charge in [-0.15, -0.1) is 0 Å². The second-order valence-corrected chi connectivity index (χ2v) is 5.10. The van der Waals surface area contributed by atoms with Gasteiger partial charge in [-0.25, -0.2) is 9.59 Å². The number of ether oxygens (including phenoxy) is 2. The van der Waals surface area contributed by atoms with Gasteiger partial charge in [0.1, 0.15) is 5.60 Å². The molecular weight excluding hydrogens is 242 g/mol. The fourth-order valence-electron chi connectivity index (χ4n) is 1.53. The fourth-order valence-corrected chi connectivity index (χ4v) is 1.53. The van der Waals surface area contributed by atoms with Crippen LogP contribution in [0, 0.1) is 5.92 Å². The van der Waals surface area contributed by atoms with Gasteiger partial charge < -0.3 is 19.5 Å². The van der Waals surface area contributed by atoms with Crippen molar-refractivity contribution in [1.82, 2.24) is 4.90 Å². The molecule has 7 nitrogen and oxygen atoms in total. The predicted molar refractivity (Wildman–Crippen MR) is 60.0 cm³/mol. The number of likely N-dealkylation sites (tertiary alicyclic amines) is 1. The lowest BCUT2D eigenvalue weighted by Gasteiger charge is -2.20. The van der Waals surface area contributed by atoms with Crippen LogP contribution < -0.4 is 0 Å². The molecule has 102 valence electrons. The van der Waals surface area contributed by atoms with E-state index in [-0.39, 0.29) is 13.1 Å². The van der Waals surface area contributed by atoms with Crippen LogP contribution in [0.2, 0.25) is 0 Å². The Morgan fingerprint density at radius 2 is 1.89 bits per heavy atom. The Bertz CT molecular complexity index is 359. The summed E-state index contributed by atoms with van der Waals surface area (Å²) in [7, 11) is 0. The van der Waals surface area contributed by atoms with E-state index in [9.17, 15) is 14.4 Å². The average molecular weight is 259 g/mol. The van der Waals surface area contributed by atoms with E-state index >= 15 is 0 Å². The van der Waals surface area contributed by atoms with Crippen LogP contribution in [0.5, 0.6) is 0 Å². The van der Waals surface area contributed by atoms with Crippen LogP contribution >= 0.6 is 0 Å². The highest BCUT2D eigenvalue weighted by molar-refractivity contribution is 5.82. The Morgan fingerprint density at radius 1 is 1.28 bits per heavy atom. The van der Waals surface area contributed by atoms with Gasteiger partial charge in [0.2, 0.25) is 0 Å². The number of carboxylic acids is 1. The van der Waals surface area contributed by atoms with Gasteiger partial charge in [-0.3, -0.25) is 4.79 Å². The monoisotopic (exact) mass is 259 g/mol. The molecule has 1 heterocycles. The zero-order valence-electron chi connectivity index (χ0n) is 10.6. The molecule has 1 unspecified atom stereocenters. The third kappa shape index (κ3) is 4.23. The number of hydrogen-bond acceptors (Lipinski definition) is 5. The fraction of sp³-hybridized carbons (Fsp3) is 0.727. The first-order valence-corrected chi connectivity index (χ1v) is 5.61. The van der Waals surface area contributed by atoms with Crippen LogP contribution in [0.4, 0.5) is 9.59 Å². The number of amides is 1. The van der Waals surface area contributed by atoms with Crippen molar-refractivity contribution < 1.29 is 29.0 Å². The second-order valence-electron chi connectivity index (χ2n) is 5.10. The molecule has 7 heteroatoms. The lowest BCUT2D eigenvalue weighted by molar-refractivity contribution is -0.141. The van der Waals surface area contributed by atoms with Crippen molar-refractivity contribution in [1.29, 1.82) is 0 Å². The SMILES string of the molecule is CC(C)(C)OC(=O)OC(=O)N1CCC(C(=O)O)C1. The molecule has 0 aliphatic carbocycles. The van der Waals surface area contributed by atoms with Crippen LogP contribution in [0.1, 0.15) is 27.2 Å². The minimum atomic E-state index is -1.08. The largest absolute Gasteiger partial charge is 0.517 e. The summed E-state index contributed by atoms with van der Waals surface area (Å²) in [6.07, 6.45) is -1.59. The number of rotatable bonds is 1. The molecular formula is C11H17NO6. The van der Waals surface area contributed by atoms with E-state index in [0.29, 0.717) is 6.42 Å². The van der Waals surface area contributed by atoms with Gasteiger partial charge in [0.05, 0.1) is 5.92 Å². The van der Waals surface area contributed by atoms with Gasteiger partial charge in [0.25, 0.3) is 0 Å². The molecule has 1 N–H and O–H groups in total. The molecule has 0 spiro atoms. The summed E-state index contributed by atoms with van der Waals surface area (Å²) >= 11 is 0. The molecule has 1 atom stereocenters. The first-order chi connectivity index (χ1) is 8.19. The molecule has 0 aromatic heterocycles. The Hall–Kier alpha value is -1.79. The van der Waals surface area contributed by atoms with Crippen LogP contribution in [-0.4, -0.2) is 46.9 Å². The van der Waals surface area contributed by atoms with E-state index in [2.05, 4.69) is 4.74 Å². The minimum Gasteiger partial charge on any atom is -0.481 e. The van der Waals surface area contributed by atoms with Crippen molar-refractivity contribution in [3.05, 3.63) is 0 Å². The molecule has 0 saturated carbocycles. The molecule has 0 aromatic carbocycles. The van der Waals surface area contributed by atoms with E-state index in [4.69, 9.17) is 9.84 Å². The van der Waals surface area contributed by atoms with Crippen molar-refractivity contribution in [3.8, 4) is 0 Å². The molecule has 1 saturated heterocycles. The Labute approximate surface area is 105 Å². The molecule has 1 aliphatic rings. The zero-order chi connectivity index (χ0) is 13.9. The highest BCUT2D eigenvalue weighted by Gasteiger charge is 2.33. The summed E-state index contributed by atoms with van der Waals surface area (Å²) in [4.78, 5) is 34.6. The van der Waals surface area contributed by atoms with Crippen molar-refractivity contribution in [2.45, 2.75) is 32.8 Å². The summed E-state index contributed by atoms with van der Waals surface area (Å²) in [5.74, 6) is -1.56. The number of carboxylic acid groups (broad SMARTS) is 1. The predicted octanol–water partition coefficient (Wildman–Crippen LogP) is 1.46.